The molecule has 2 amide bonds. The molecule has 0 spiro atoms. The summed E-state index contributed by atoms with van der Waals surface area (Å²) in [7, 11) is 0. The molecule has 2 atom stereocenters. The maximum atomic E-state index is 12.9. The summed E-state index contributed by atoms with van der Waals surface area (Å²) in [6.45, 7) is 6.75. The first kappa shape index (κ1) is 14.1. The number of anilines is 1. The Kier molecular flexibility index (Phi) is 3.47. The molecule has 2 aliphatic heterocycles. The molecule has 0 aromatic heterocycles. The van der Waals surface area contributed by atoms with Gasteiger partial charge >= 0.3 is 0 Å². The molecular weight excluding hydrogens is 264 g/mol. The summed E-state index contributed by atoms with van der Waals surface area (Å²) in [5.74, 6) is 0.200. The predicted octanol–water partition coefficient (Wildman–Crippen LogP) is 2.42. The Hall–Kier alpha value is -1.84. The third-order valence-electron chi connectivity index (χ3n) is 4.65. The van der Waals surface area contributed by atoms with Crippen LogP contribution >= 0.6 is 0 Å². The van der Waals surface area contributed by atoms with E-state index in [4.69, 9.17) is 0 Å². The van der Waals surface area contributed by atoms with Crippen LogP contribution < -0.4 is 4.90 Å². The molecule has 3 rings (SSSR count). The van der Waals surface area contributed by atoms with Gasteiger partial charge in [-0.25, -0.2) is 0 Å². The van der Waals surface area contributed by atoms with Crippen molar-refractivity contribution in [3.05, 3.63) is 29.3 Å². The maximum absolute atomic E-state index is 12.9. The van der Waals surface area contributed by atoms with E-state index in [1.54, 1.807) is 9.80 Å². The summed E-state index contributed by atoms with van der Waals surface area (Å²) in [4.78, 5) is 29.1. The quantitative estimate of drug-likeness (QED) is 0.837. The minimum Gasteiger partial charge on any atom is -0.329 e. The Bertz CT molecular complexity index is 596. The monoisotopic (exact) mass is 286 g/mol. The van der Waals surface area contributed by atoms with E-state index in [2.05, 4.69) is 6.07 Å². The molecule has 0 N–H and O–H groups in total. The van der Waals surface area contributed by atoms with Crippen LogP contribution in [0, 0.1) is 13.8 Å². The van der Waals surface area contributed by atoms with Crippen LogP contribution in [0.1, 0.15) is 37.3 Å². The van der Waals surface area contributed by atoms with Crippen molar-refractivity contribution in [2.75, 3.05) is 11.4 Å². The van der Waals surface area contributed by atoms with Gasteiger partial charge in [-0.1, -0.05) is 24.6 Å². The Balaban J connectivity index is 2.05. The Labute approximate surface area is 125 Å². The molecule has 2 unspecified atom stereocenters. The first-order chi connectivity index (χ1) is 10.0. The number of fused-ring (bicyclic) bond motifs is 1. The van der Waals surface area contributed by atoms with E-state index in [0.717, 1.165) is 30.6 Å². The number of carbonyl (C=O) groups excluding carboxylic acids is 2. The molecule has 0 bridgehead atoms. The van der Waals surface area contributed by atoms with Gasteiger partial charge in [-0.2, -0.15) is 0 Å². The van der Waals surface area contributed by atoms with Crippen molar-refractivity contribution in [3.8, 4) is 0 Å². The lowest BCUT2D eigenvalue weighted by atomic mass is 10.00. The van der Waals surface area contributed by atoms with E-state index >= 15 is 0 Å². The van der Waals surface area contributed by atoms with Gasteiger partial charge in [0, 0.05) is 12.2 Å². The van der Waals surface area contributed by atoms with Gasteiger partial charge in [-0.05, 0) is 44.7 Å². The van der Waals surface area contributed by atoms with Crippen LogP contribution in [0.25, 0.3) is 0 Å². The normalized spacial score (nSPS) is 25.5. The molecule has 2 fully saturated rings. The molecule has 0 radical (unpaired) electrons. The molecule has 112 valence electrons. The highest BCUT2D eigenvalue weighted by Crippen LogP contribution is 2.33. The molecule has 2 saturated heterocycles. The van der Waals surface area contributed by atoms with Crippen LogP contribution in [0.4, 0.5) is 5.69 Å². The minimum atomic E-state index is -0.353. The van der Waals surface area contributed by atoms with Crippen molar-refractivity contribution < 1.29 is 9.59 Å². The first-order valence-electron chi connectivity index (χ1n) is 7.75. The zero-order valence-electron chi connectivity index (χ0n) is 12.9. The van der Waals surface area contributed by atoms with E-state index in [1.165, 1.54) is 5.56 Å². The highest BCUT2D eigenvalue weighted by atomic mass is 16.2. The fraction of sp³-hybridized carbons (Fsp3) is 0.529. The molecule has 4 heteroatoms. The van der Waals surface area contributed by atoms with Crippen molar-refractivity contribution in [1.29, 1.82) is 0 Å². The number of aryl methyl sites for hydroxylation is 2. The number of hydrogen-bond acceptors (Lipinski definition) is 2. The molecule has 0 saturated carbocycles. The van der Waals surface area contributed by atoms with Gasteiger partial charge in [0.05, 0.1) is 0 Å². The lowest BCUT2D eigenvalue weighted by molar-refractivity contribution is -0.144. The van der Waals surface area contributed by atoms with Crippen LogP contribution in [0.5, 0.6) is 0 Å². The highest BCUT2D eigenvalue weighted by molar-refractivity contribution is 6.09. The number of nitrogens with zero attached hydrogens (tertiary/aromatic N) is 2. The number of hydrogen-bond donors (Lipinski definition) is 0. The fourth-order valence-electron chi connectivity index (χ4n) is 3.62. The number of amides is 2. The number of piperazine rings is 1. The van der Waals surface area contributed by atoms with Crippen molar-refractivity contribution in [2.24, 2.45) is 0 Å². The second kappa shape index (κ2) is 5.17. The number of carbonyl (C=O) groups is 2. The topological polar surface area (TPSA) is 40.6 Å². The fourth-order valence-corrected chi connectivity index (χ4v) is 3.62. The maximum Gasteiger partial charge on any atom is 0.250 e. The summed E-state index contributed by atoms with van der Waals surface area (Å²) in [5.41, 5.74) is 3.11. The second-order valence-electron chi connectivity index (χ2n) is 6.11. The smallest absolute Gasteiger partial charge is 0.250 e. The standard InChI is InChI=1S/C17H22N2O2/c1-4-13-16(20)18-9-5-6-15(18)17(21)19(13)14-8-7-11(2)10-12(14)3/h7-8,10,13,15H,4-6,9H2,1-3H3. The van der Waals surface area contributed by atoms with Gasteiger partial charge in [-0.15, -0.1) is 0 Å². The van der Waals surface area contributed by atoms with E-state index in [9.17, 15) is 9.59 Å². The van der Waals surface area contributed by atoms with E-state index in [1.807, 2.05) is 32.9 Å². The summed E-state index contributed by atoms with van der Waals surface area (Å²) < 4.78 is 0. The van der Waals surface area contributed by atoms with Crippen molar-refractivity contribution in [2.45, 2.75) is 52.1 Å². The van der Waals surface area contributed by atoms with Gasteiger partial charge in [0.15, 0.2) is 0 Å². The van der Waals surface area contributed by atoms with Crippen LogP contribution in [0.15, 0.2) is 18.2 Å². The summed E-state index contributed by atoms with van der Waals surface area (Å²) in [6, 6.07) is 5.45. The van der Waals surface area contributed by atoms with E-state index in [-0.39, 0.29) is 23.9 Å². The molecule has 1 aromatic carbocycles. The van der Waals surface area contributed by atoms with E-state index in [0.29, 0.717) is 6.42 Å². The number of rotatable bonds is 2. The van der Waals surface area contributed by atoms with Gasteiger partial charge in [0.1, 0.15) is 12.1 Å². The minimum absolute atomic E-state index is 0.0888. The first-order valence-corrected chi connectivity index (χ1v) is 7.75. The van der Waals surface area contributed by atoms with Gasteiger partial charge < -0.3 is 4.90 Å². The highest BCUT2D eigenvalue weighted by Gasteiger charge is 2.47. The van der Waals surface area contributed by atoms with Gasteiger partial charge in [0.2, 0.25) is 5.91 Å². The van der Waals surface area contributed by atoms with Crippen molar-refractivity contribution in [3.63, 3.8) is 0 Å². The van der Waals surface area contributed by atoms with Crippen LogP contribution in [0.2, 0.25) is 0 Å². The molecule has 4 nitrogen and oxygen atoms in total. The Morgan fingerprint density at radius 2 is 1.95 bits per heavy atom. The molecule has 2 aliphatic rings. The van der Waals surface area contributed by atoms with Crippen LogP contribution in [-0.2, 0) is 9.59 Å². The lowest BCUT2D eigenvalue weighted by Crippen LogP contribution is -2.63. The summed E-state index contributed by atoms with van der Waals surface area (Å²) in [5, 5.41) is 0. The third kappa shape index (κ3) is 2.13. The number of benzene rings is 1. The van der Waals surface area contributed by atoms with Gasteiger partial charge in [-0.3, -0.25) is 14.5 Å². The Morgan fingerprint density at radius 3 is 2.62 bits per heavy atom. The van der Waals surface area contributed by atoms with Crippen LogP contribution in [-0.4, -0.2) is 35.3 Å². The SMILES string of the molecule is CCC1C(=O)N2CCCC2C(=O)N1c1ccc(C)cc1C. The summed E-state index contributed by atoms with van der Waals surface area (Å²) in [6.07, 6.45) is 2.38. The van der Waals surface area contributed by atoms with Crippen LogP contribution in [0.3, 0.4) is 0 Å². The zero-order valence-corrected chi connectivity index (χ0v) is 12.9. The average Bonchev–Trinajstić information content (AvgIpc) is 2.93. The van der Waals surface area contributed by atoms with Crippen molar-refractivity contribution >= 4 is 17.5 Å². The molecule has 0 aliphatic carbocycles. The molecule has 2 heterocycles. The zero-order chi connectivity index (χ0) is 15.1. The molecular formula is C17H22N2O2. The van der Waals surface area contributed by atoms with E-state index < -0.39 is 0 Å². The predicted molar refractivity (Wildman–Crippen MR) is 82.2 cm³/mol. The largest absolute Gasteiger partial charge is 0.329 e. The molecule has 1 aromatic rings. The molecule has 21 heavy (non-hydrogen) atoms. The van der Waals surface area contributed by atoms with Gasteiger partial charge in [0.25, 0.3) is 5.91 Å². The third-order valence-corrected chi connectivity index (χ3v) is 4.65. The average molecular weight is 286 g/mol. The second-order valence-corrected chi connectivity index (χ2v) is 6.11. The lowest BCUT2D eigenvalue weighted by Gasteiger charge is -2.42. The summed E-state index contributed by atoms with van der Waals surface area (Å²) >= 11 is 0. The Morgan fingerprint density at radius 1 is 1.19 bits per heavy atom. The van der Waals surface area contributed by atoms with Crippen molar-refractivity contribution in [1.82, 2.24) is 4.90 Å².